The largest absolute Gasteiger partial charge is 0.395 e. The minimum atomic E-state index is -4.06. The molecule has 0 atom stereocenters. The highest BCUT2D eigenvalue weighted by Crippen LogP contribution is 2.37. The molecule has 3 heterocycles. The second-order valence-corrected chi connectivity index (χ2v) is 18.0. The number of carbonyl (C=O) groups excluding carboxylic acids is 2. The van der Waals surface area contributed by atoms with Gasteiger partial charge in [-0.15, -0.1) is 0 Å². The number of hydrogen-bond acceptors (Lipinski definition) is 8. The van der Waals surface area contributed by atoms with E-state index in [4.69, 9.17) is 11.6 Å². The molecule has 49 heavy (non-hydrogen) atoms. The second kappa shape index (κ2) is 13.5. The molecule has 3 aromatic rings. The van der Waals surface area contributed by atoms with Crippen LogP contribution in [0.15, 0.2) is 47.4 Å². The monoisotopic (exact) mass is 732 g/mol. The first kappa shape index (κ1) is 36.5. The zero-order valence-electron chi connectivity index (χ0n) is 28.2. The summed E-state index contributed by atoms with van der Waals surface area (Å²) in [5.74, 6) is -0.748. The van der Waals surface area contributed by atoms with E-state index in [1.807, 2.05) is 7.05 Å². The lowest BCUT2D eigenvalue weighted by atomic mass is 10.0. The molecule has 2 aromatic carbocycles. The van der Waals surface area contributed by atoms with Crippen LogP contribution in [-0.4, -0.2) is 112 Å². The van der Waals surface area contributed by atoms with Gasteiger partial charge in [0.2, 0.25) is 10.0 Å². The number of hydrogen-bond donors (Lipinski definition) is 3. The minimum absolute atomic E-state index is 0.0516. The Morgan fingerprint density at radius 1 is 1.06 bits per heavy atom. The van der Waals surface area contributed by atoms with Crippen LogP contribution < -0.4 is 9.62 Å². The number of carbonyl (C=O) groups is 2. The summed E-state index contributed by atoms with van der Waals surface area (Å²) in [5, 5.41) is 12.9. The molecule has 264 valence electrons. The van der Waals surface area contributed by atoms with Gasteiger partial charge in [0.05, 0.1) is 34.9 Å². The molecule has 13 nitrogen and oxygen atoms in total. The Labute approximate surface area is 292 Å². The number of aliphatic hydroxyl groups is 1. The van der Waals surface area contributed by atoms with Gasteiger partial charge >= 0.3 is 0 Å². The molecule has 0 radical (unpaired) electrons. The van der Waals surface area contributed by atoms with Gasteiger partial charge in [-0.3, -0.25) is 13.9 Å². The molecular formula is C33H41ClN6O7S2. The van der Waals surface area contributed by atoms with Crippen LogP contribution >= 0.6 is 11.6 Å². The topological polar surface area (TPSA) is 163 Å². The standard InChI is InChI=1S/C33H41ClN6O7S2/c1-21-28(35-29(19-38(5)49(46,47)33(2,3)20-41)30(21)32(43)40-14-12-37(4)13-15-40)18-26-25-17-24(10-11-27(25)36-31(26)42)48(44,45)39(6)23-9-7-8-22(34)16-23/h7-11,16-18,35,41H,12-15,19-20H2,1-6H3,(H,36,42)/b26-18-. The lowest BCUT2D eigenvalue weighted by Gasteiger charge is -2.33. The van der Waals surface area contributed by atoms with Crippen molar-refractivity contribution in [3.63, 3.8) is 0 Å². The number of rotatable bonds is 10. The number of H-pyrrole nitrogens is 1. The van der Waals surface area contributed by atoms with Gasteiger partial charge in [-0.1, -0.05) is 17.7 Å². The van der Waals surface area contributed by atoms with Gasteiger partial charge in [0, 0.05) is 67.9 Å². The van der Waals surface area contributed by atoms with Crippen molar-refractivity contribution in [2.75, 3.05) is 63.6 Å². The highest BCUT2D eigenvalue weighted by atomic mass is 35.5. The van der Waals surface area contributed by atoms with Gasteiger partial charge in [0.1, 0.15) is 4.75 Å². The van der Waals surface area contributed by atoms with E-state index in [0.29, 0.717) is 70.7 Å². The number of piperazine rings is 1. The van der Waals surface area contributed by atoms with Crippen molar-refractivity contribution >= 4 is 66.5 Å². The Bertz CT molecular complexity index is 2050. The first-order valence-electron chi connectivity index (χ1n) is 15.6. The van der Waals surface area contributed by atoms with Crippen LogP contribution in [0.2, 0.25) is 5.02 Å². The first-order valence-corrected chi connectivity index (χ1v) is 18.8. The minimum Gasteiger partial charge on any atom is -0.395 e. The molecule has 16 heteroatoms. The van der Waals surface area contributed by atoms with Crippen molar-refractivity contribution in [2.24, 2.45) is 0 Å². The summed E-state index contributed by atoms with van der Waals surface area (Å²) < 4.78 is 54.7. The number of amides is 2. The van der Waals surface area contributed by atoms with Crippen LogP contribution in [0.1, 0.15) is 46.7 Å². The SMILES string of the molecule is Cc1c(/C=C2\C(=O)Nc3ccc(S(=O)(=O)N(C)c4cccc(Cl)c4)cc32)[nH]c(CN(C)S(=O)(=O)C(C)(C)CO)c1C(=O)N1CCN(C)CC1. The number of fused-ring (bicyclic) bond motifs is 1. The molecule has 0 aliphatic carbocycles. The number of aromatic amines is 1. The Kier molecular flexibility index (Phi) is 10.1. The van der Waals surface area contributed by atoms with Crippen LogP contribution in [0, 0.1) is 6.92 Å². The average Bonchev–Trinajstić information content (AvgIpc) is 3.54. The van der Waals surface area contributed by atoms with E-state index in [0.717, 1.165) is 8.61 Å². The lowest BCUT2D eigenvalue weighted by molar-refractivity contribution is -0.110. The molecule has 3 N–H and O–H groups in total. The molecule has 0 unspecified atom stereocenters. The zero-order valence-corrected chi connectivity index (χ0v) is 30.6. The summed E-state index contributed by atoms with van der Waals surface area (Å²) in [6.45, 7) is 6.07. The maximum absolute atomic E-state index is 14.0. The molecule has 0 bridgehead atoms. The van der Waals surface area contributed by atoms with Crippen LogP contribution in [0.3, 0.4) is 0 Å². The average molecular weight is 733 g/mol. The van der Waals surface area contributed by atoms with Gasteiger partial charge in [0.15, 0.2) is 0 Å². The van der Waals surface area contributed by atoms with Crippen molar-refractivity contribution in [3.05, 3.63) is 75.6 Å². The molecule has 0 spiro atoms. The van der Waals surface area contributed by atoms with Gasteiger partial charge in [0.25, 0.3) is 21.8 Å². The van der Waals surface area contributed by atoms with E-state index in [9.17, 15) is 31.5 Å². The summed E-state index contributed by atoms with van der Waals surface area (Å²) >= 11 is 6.10. The highest BCUT2D eigenvalue weighted by Gasteiger charge is 2.38. The predicted molar refractivity (Wildman–Crippen MR) is 190 cm³/mol. The molecule has 0 saturated carbocycles. The molecule has 1 fully saturated rings. The van der Waals surface area contributed by atoms with Gasteiger partial charge < -0.3 is 25.2 Å². The third-order valence-electron chi connectivity index (χ3n) is 9.13. The third kappa shape index (κ3) is 6.87. The van der Waals surface area contributed by atoms with Crippen LogP contribution in [0.4, 0.5) is 11.4 Å². The summed E-state index contributed by atoms with van der Waals surface area (Å²) in [6.07, 6.45) is 1.55. The normalized spacial score (nSPS) is 16.7. The van der Waals surface area contributed by atoms with Gasteiger partial charge in [-0.2, -0.15) is 4.31 Å². The number of benzene rings is 2. The van der Waals surface area contributed by atoms with Crippen LogP contribution in [0.5, 0.6) is 0 Å². The number of aliphatic hydroxyl groups excluding tert-OH is 1. The molecule has 2 aliphatic rings. The van der Waals surface area contributed by atoms with Gasteiger partial charge in [-0.25, -0.2) is 16.8 Å². The van der Waals surface area contributed by atoms with Crippen molar-refractivity contribution in [2.45, 2.75) is 37.0 Å². The van der Waals surface area contributed by atoms with Crippen molar-refractivity contribution in [1.29, 1.82) is 0 Å². The summed E-state index contributed by atoms with van der Waals surface area (Å²) in [7, 11) is -3.29. The molecule has 5 rings (SSSR count). The van der Waals surface area contributed by atoms with Crippen molar-refractivity contribution < 1.29 is 31.5 Å². The van der Waals surface area contributed by atoms with Crippen molar-refractivity contribution in [1.82, 2.24) is 19.1 Å². The molecule has 2 amide bonds. The number of aromatic nitrogens is 1. The van der Waals surface area contributed by atoms with Gasteiger partial charge in [-0.05, 0) is 75.9 Å². The molecule has 1 aromatic heterocycles. The number of nitrogens with one attached hydrogen (secondary N) is 2. The van der Waals surface area contributed by atoms with E-state index in [2.05, 4.69) is 15.2 Å². The number of sulfonamides is 2. The zero-order chi connectivity index (χ0) is 36.1. The lowest BCUT2D eigenvalue weighted by Crippen LogP contribution is -2.47. The maximum atomic E-state index is 14.0. The highest BCUT2D eigenvalue weighted by molar-refractivity contribution is 7.92. The molecular weight excluding hydrogens is 692 g/mol. The van der Waals surface area contributed by atoms with Crippen LogP contribution in [0.25, 0.3) is 11.6 Å². The van der Waals surface area contributed by atoms with E-state index in [1.54, 1.807) is 36.1 Å². The Morgan fingerprint density at radius 3 is 2.37 bits per heavy atom. The Balaban J connectivity index is 1.58. The number of anilines is 2. The molecule has 2 aliphatic heterocycles. The maximum Gasteiger partial charge on any atom is 0.264 e. The van der Waals surface area contributed by atoms with E-state index >= 15 is 0 Å². The quantitative estimate of drug-likeness (QED) is 0.268. The van der Waals surface area contributed by atoms with Crippen molar-refractivity contribution in [3.8, 4) is 0 Å². The fourth-order valence-corrected chi connectivity index (χ4v) is 8.50. The predicted octanol–water partition coefficient (Wildman–Crippen LogP) is 3.21. The smallest absolute Gasteiger partial charge is 0.264 e. The summed E-state index contributed by atoms with van der Waals surface area (Å²) in [6, 6.07) is 10.8. The second-order valence-electron chi connectivity index (χ2n) is 13.0. The molecule has 1 saturated heterocycles. The number of likely N-dealkylation sites (N-methyl/N-ethyl adjacent to an activating group) is 1. The number of nitrogens with zero attached hydrogens (tertiary/aromatic N) is 4. The van der Waals surface area contributed by atoms with Crippen LogP contribution in [-0.2, 0) is 31.4 Å². The number of halogens is 1. The van der Waals surface area contributed by atoms with E-state index < -0.39 is 37.3 Å². The van der Waals surface area contributed by atoms with E-state index in [-0.39, 0.29) is 22.9 Å². The Hall–Kier alpha value is -3.73. The third-order valence-corrected chi connectivity index (χ3v) is 13.6. The Morgan fingerprint density at radius 2 is 1.73 bits per heavy atom. The fraction of sp³-hybridized carbons (Fsp3) is 0.394. The fourth-order valence-electron chi connectivity index (χ4n) is 5.80. The first-order chi connectivity index (χ1) is 22.9. The summed E-state index contributed by atoms with van der Waals surface area (Å²) in [5.41, 5.74) is 2.79. The summed E-state index contributed by atoms with van der Waals surface area (Å²) in [4.78, 5) is 34.3. The van der Waals surface area contributed by atoms with E-state index in [1.165, 1.54) is 52.2 Å².